The van der Waals surface area contributed by atoms with Crippen LogP contribution in [0.1, 0.15) is 26.2 Å². The Kier molecular flexibility index (Phi) is 7.10. The molecule has 2 nitrogen and oxygen atoms in total. The number of carbonyl (C=O) groups is 1. The van der Waals surface area contributed by atoms with E-state index >= 15 is 0 Å². The molecule has 16 heavy (non-hydrogen) atoms. The minimum atomic E-state index is -1.12. The van der Waals surface area contributed by atoms with Gasteiger partial charge in [0.25, 0.3) is 0 Å². The topological polar surface area (TPSA) is 26.3 Å². The highest BCUT2D eigenvalue weighted by molar-refractivity contribution is 6.76. The van der Waals surface area contributed by atoms with E-state index in [0.29, 0.717) is 12.2 Å². The van der Waals surface area contributed by atoms with E-state index in [1.165, 1.54) is 0 Å². The van der Waals surface area contributed by atoms with Crippen LogP contribution in [0, 0.1) is 0 Å². The van der Waals surface area contributed by atoms with E-state index in [0.717, 1.165) is 25.3 Å². The first kappa shape index (κ1) is 15.2. The SMILES string of the molecule is C=C=C(CCCC)C(=O)OCC[Si](C)(C)C. The molecule has 0 saturated heterocycles. The molecular weight excluding hydrogens is 216 g/mol. The van der Waals surface area contributed by atoms with Crippen molar-refractivity contribution in [3.05, 3.63) is 17.9 Å². The maximum Gasteiger partial charge on any atom is 0.341 e. The first-order valence-electron chi connectivity index (χ1n) is 5.96. The summed E-state index contributed by atoms with van der Waals surface area (Å²) in [5.74, 6) is -0.235. The third-order valence-electron chi connectivity index (χ3n) is 2.33. The van der Waals surface area contributed by atoms with E-state index in [1.807, 2.05) is 0 Å². The molecule has 0 aliphatic rings. The number of hydrogen-bond donors (Lipinski definition) is 0. The smallest absolute Gasteiger partial charge is 0.341 e. The Morgan fingerprint density at radius 2 is 2.00 bits per heavy atom. The maximum atomic E-state index is 11.6. The molecule has 0 bridgehead atoms. The van der Waals surface area contributed by atoms with E-state index in [-0.39, 0.29) is 5.97 Å². The molecule has 0 amide bonds. The molecule has 0 rings (SSSR count). The van der Waals surface area contributed by atoms with Gasteiger partial charge in [-0.25, -0.2) is 4.79 Å². The average molecular weight is 240 g/mol. The van der Waals surface area contributed by atoms with Gasteiger partial charge in [-0.15, -0.1) is 5.73 Å². The summed E-state index contributed by atoms with van der Waals surface area (Å²) in [4.78, 5) is 11.6. The van der Waals surface area contributed by atoms with Gasteiger partial charge in [-0.05, 0) is 18.9 Å². The second-order valence-corrected chi connectivity index (χ2v) is 10.8. The monoisotopic (exact) mass is 240 g/mol. The molecule has 0 saturated carbocycles. The maximum absolute atomic E-state index is 11.6. The highest BCUT2D eigenvalue weighted by atomic mass is 28.3. The number of carbonyl (C=O) groups excluding carboxylic acids is 1. The molecule has 0 aromatic rings. The van der Waals surface area contributed by atoms with Crippen molar-refractivity contribution in [3.63, 3.8) is 0 Å². The van der Waals surface area contributed by atoms with Crippen molar-refractivity contribution >= 4 is 14.0 Å². The summed E-state index contributed by atoms with van der Waals surface area (Å²) >= 11 is 0. The van der Waals surface area contributed by atoms with E-state index in [1.54, 1.807) is 0 Å². The second-order valence-electron chi connectivity index (χ2n) is 5.21. The third-order valence-corrected chi connectivity index (χ3v) is 4.03. The zero-order valence-electron chi connectivity index (χ0n) is 11.1. The molecule has 3 heteroatoms. The molecular formula is C13H24O2Si. The molecule has 0 aromatic carbocycles. The highest BCUT2D eigenvalue weighted by Crippen LogP contribution is 2.11. The lowest BCUT2D eigenvalue weighted by Gasteiger charge is -2.15. The first-order chi connectivity index (χ1) is 7.40. The zero-order valence-corrected chi connectivity index (χ0v) is 12.1. The fourth-order valence-corrected chi connectivity index (χ4v) is 1.87. The van der Waals surface area contributed by atoms with Crippen LogP contribution >= 0.6 is 0 Å². The van der Waals surface area contributed by atoms with Gasteiger partial charge in [-0.3, -0.25) is 0 Å². The summed E-state index contributed by atoms with van der Waals surface area (Å²) < 4.78 is 5.22. The van der Waals surface area contributed by atoms with Gasteiger partial charge in [-0.2, -0.15) is 0 Å². The Bertz CT molecular complexity index is 270. The van der Waals surface area contributed by atoms with Gasteiger partial charge in [0, 0.05) is 8.07 Å². The molecule has 0 N–H and O–H groups in total. The van der Waals surface area contributed by atoms with Crippen molar-refractivity contribution < 1.29 is 9.53 Å². The van der Waals surface area contributed by atoms with Crippen LogP contribution in [0.2, 0.25) is 25.7 Å². The second kappa shape index (κ2) is 7.48. The van der Waals surface area contributed by atoms with Crippen LogP contribution in [0.3, 0.4) is 0 Å². The summed E-state index contributed by atoms with van der Waals surface area (Å²) in [7, 11) is -1.12. The third kappa shape index (κ3) is 7.49. The van der Waals surface area contributed by atoms with Crippen molar-refractivity contribution in [2.75, 3.05) is 6.61 Å². The fraction of sp³-hybridized carbons (Fsp3) is 0.692. The summed E-state index contributed by atoms with van der Waals surface area (Å²) in [6.45, 7) is 13.0. The quantitative estimate of drug-likeness (QED) is 0.293. The first-order valence-corrected chi connectivity index (χ1v) is 9.67. The van der Waals surface area contributed by atoms with E-state index < -0.39 is 8.07 Å². The summed E-state index contributed by atoms with van der Waals surface area (Å²) in [6.07, 6.45) is 2.78. The fourth-order valence-electron chi connectivity index (χ4n) is 1.15. The summed E-state index contributed by atoms with van der Waals surface area (Å²) in [6, 6.07) is 1.01. The normalized spacial score (nSPS) is 10.8. The van der Waals surface area contributed by atoms with Crippen LogP contribution in [0.25, 0.3) is 0 Å². The van der Waals surface area contributed by atoms with Gasteiger partial charge in [0.15, 0.2) is 0 Å². The summed E-state index contributed by atoms with van der Waals surface area (Å²) in [5, 5.41) is 0. The van der Waals surface area contributed by atoms with Crippen molar-refractivity contribution in [2.45, 2.75) is 51.9 Å². The average Bonchev–Trinajstić information content (AvgIpc) is 2.17. The minimum Gasteiger partial charge on any atom is -0.462 e. The molecule has 0 aliphatic carbocycles. The van der Waals surface area contributed by atoms with E-state index in [4.69, 9.17) is 4.74 Å². The van der Waals surface area contributed by atoms with Crippen LogP contribution in [-0.2, 0) is 9.53 Å². The van der Waals surface area contributed by atoms with Crippen LogP contribution in [0.5, 0.6) is 0 Å². The van der Waals surface area contributed by atoms with E-state index in [9.17, 15) is 4.79 Å². The van der Waals surface area contributed by atoms with Crippen LogP contribution in [-0.4, -0.2) is 20.7 Å². The minimum absolute atomic E-state index is 0.235. The summed E-state index contributed by atoms with van der Waals surface area (Å²) in [5.41, 5.74) is 3.28. The van der Waals surface area contributed by atoms with Crippen molar-refractivity contribution in [3.8, 4) is 0 Å². The van der Waals surface area contributed by atoms with Gasteiger partial charge in [0.2, 0.25) is 0 Å². The van der Waals surface area contributed by atoms with Crippen molar-refractivity contribution in [1.29, 1.82) is 0 Å². The number of unbranched alkanes of at least 4 members (excludes halogenated alkanes) is 1. The van der Waals surface area contributed by atoms with Gasteiger partial charge < -0.3 is 4.74 Å². The van der Waals surface area contributed by atoms with Crippen LogP contribution < -0.4 is 0 Å². The molecule has 0 fully saturated rings. The Morgan fingerprint density at radius 3 is 2.44 bits per heavy atom. The van der Waals surface area contributed by atoms with Gasteiger partial charge in [-0.1, -0.05) is 39.6 Å². The molecule has 0 heterocycles. The van der Waals surface area contributed by atoms with Gasteiger partial charge in [0.1, 0.15) is 0 Å². The van der Waals surface area contributed by atoms with Gasteiger partial charge >= 0.3 is 5.97 Å². The van der Waals surface area contributed by atoms with E-state index in [2.05, 4.69) is 38.9 Å². The van der Waals surface area contributed by atoms with Crippen molar-refractivity contribution in [1.82, 2.24) is 0 Å². The highest BCUT2D eigenvalue weighted by Gasteiger charge is 2.15. The Morgan fingerprint density at radius 1 is 1.38 bits per heavy atom. The number of ether oxygens (including phenoxy) is 1. The van der Waals surface area contributed by atoms with Crippen LogP contribution in [0.15, 0.2) is 17.9 Å². The molecule has 0 unspecified atom stereocenters. The Hall–Kier alpha value is -0.793. The number of esters is 1. The zero-order chi connectivity index (χ0) is 12.6. The number of hydrogen-bond acceptors (Lipinski definition) is 2. The van der Waals surface area contributed by atoms with Crippen LogP contribution in [0.4, 0.5) is 0 Å². The molecule has 0 spiro atoms. The molecule has 0 atom stereocenters. The number of rotatable bonds is 7. The van der Waals surface area contributed by atoms with Crippen molar-refractivity contribution in [2.24, 2.45) is 0 Å². The standard InChI is InChI=1S/C13H24O2Si/c1-6-8-9-12(7-2)13(14)15-10-11-16(3,4)5/h2,6,8-11H2,1,3-5H3. The predicted molar refractivity (Wildman–Crippen MR) is 71.3 cm³/mol. The Balaban J connectivity index is 4.00. The lowest BCUT2D eigenvalue weighted by molar-refractivity contribution is -0.138. The molecule has 92 valence electrons. The molecule has 0 aliphatic heterocycles. The largest absolute Gasteiger partial charge is 0.462 e. The van der Waals surface area contributed by atoms with Gasteiger partial charge in [0.05, 0.1) is 12.2 Å². The molecule has 0 aromatic heterocycles. The predicted octanol–water partition coefficient (Wildman–Crippen LogP) is 3.77. The lowest BCUT2D eigenvalue weighted by Crippen LogP contribution is -2.23. The molecule has 0 radical (unpaired) electrons. The lowest BCUT2D eigenvalue weighted by atomic mass is 10.1. The Labute approximate surface area is 100 Å².